The Morgan fingerprint density at radius 2 is 2.00 bits per heavy atom. The Labute approximate surface area is 159 Å². The maximum Gasteiger partial charge on any atom is 0.324 e. The van der Waals surface area contributed by atoms with Gasteiger partial charge in [0.25, 0.3) is 0 Å². The third kappa shape index (κ3) is 4.03. The summed E-state index contributed by atoms with van der Waals surface area (Å²) in [6.45, 7) is 3.53. The van der Waals surface area contributed by atoms with Crippen LogP contribution in [0, 0.1) is 5.92 Å². The van der Waals surface area contributed by atoms with Crippen LogP contribution in [-0.2, 0) is 9.53 Å². The third-order valence-corrected chi connectivity index (χ3v) is 5.55. The fourth-order valence-electron chi connectivity index (χ4n) is 4.07. The molecule has 3 heterocycles. The second-order valence-corrected chi connectivity index (χ2v) is 7.42. The fourth-order valence-corrected chi connectivity index (χ4v) is 4.07. The van der Waals surface area contributed by atoms with Crippen molar-refractivity contribution in [1.82, 2.24) is 10.2 Å². The van der Waals surface area contributed by atoms with Gasteiger partial charge in [-0.1, -0.05) is 12.1 Å². The van der Waals surface area contributed by atoms with E-state index >= 15 is 0 Å². The molecule has 0 saturated carbocycles. The van der Waals surface area contributed by atoms with Gasteiger partial charge in [-0.3, -0.25) is 9.69 Å². The summed E-state index contributed by atoms with van der Waals surface area (Å²) in [5, 5.41) is 3.01. The first-order valence-electron chi connectivity index (χ1n) is 9.90. The molecule has 1 N–H and O–H groups in total. The summed E-state index contributed by atoms with van der Waals surface area (Å²) in [5.41, 5.74) is 0.804. The molecule has 7 heteroatoms. The molecule has 27 heavy (non-hydrogen) atoms. The van der Waals surface area contributed by atoms with E-state index in [4.69, 9.17) is 9.47 Å². The summed E-state index contributed by atoms with van der Waals surface area (Å²) >= 11 is 0. The number of hydrogen-bond acceptors (Lipinski definition) is 4. The minimum absolute atomic E-state index is 0.0328. The standard InChI is InChI=1S/C20H27N3O4/c24-19(21-13-16-6-4-11-26-16)15-5-3-9-22(14-15)20(25)23-10-12-27-18-8-2-1-7-17(18)23/h1-2,7-8,15-16H,3-6,9-14H2,(H,21,24). The lowest BCUT2D eigenvalue weighted by molar-refractivity contribution is -0.126. The van der Waals surface area contributed by atoms with E-state index < -0.39 is 0 Å². The molecule has 3 amide bonds. The monoisotopic (exact) mass is 373 g/mol. The molecule has 1 aromatic carbocycles. The molecule has 7 nitrogen and oxygen atoms in total. The maximum atomic E-state index is 13.1. The molecule has 0 spiro atoms. The number of carbonyl (C=O) groups is 2. The second-order valence-electron chi connectivity index (χ2n) is 7.42. The van der Waals surface area contributed by atoms with Crippen molar-refractivity contribution in [3.05, 3.63) is 24.3 Å². The number of likely N-dealkylation sites (tertiary alicyclic amines) is 1. The SMILES string of the molecule is O=C(NCC1CCCO1)C1CCCN(C(=O)N2CCOc3ccccc32)C1. The van der Waals surface area contributed by atoms with Crippen molar-refractivity contribution in [1.29, 1.82) is 0 Å². The smallest absolute Gasteiger partial charge is 0.324 e. The molecule has 1 aromatic rings. The van der Waals surface area contributed by atoms with Crippen LogP contribution >= 0.6 is 0 Å². The molecule has 146 valence electrons. The van der Waals surface area contributed by atoms with Crippen LogP contribution < -0.4 is 15.0 Å². The highest BCUT2D eigenvalue weighted by Crippen LogP contribution is 2.32. The summed E-state index contributed by atoms with van der Waals surface area (Å²) in [7, 11) is 0. The minimum Gasteiger partial charge on any atom is -0.490 e. The lowest BCUT2D eigenvalue weighted by Crippen LogP contribution is -2.52. The zero-order valence-electron chi connectivity index (χ0n) is 15.6. The Morgan fingerprint density at radius 3 is 2.85 bits per heavy atom. The van der Waals surface area contributed by atoms with E-state index in [1.54, 1.807) is 4.90 Å². The first kappa shape index (κ1) is 18.1. The van der Waals surface area contributed by atoms with Gasteiger partial charge in [0.05, 0.1) is 24.3 Å². The molecule has 0 aromatic heterocycles. The Balaban J connectivity index is 1.36. The number of ether oxygens (including phenoxy) is 2. The molecule has 0 aliphatic carbocycles. The quantitative estimate of drug-likeness (QED) is 0.880. The minimum atomic E-state index is -0.152. The third-order valence-electron chi connectivity index (χ3n) is 5.55. The Hall–Kier alpha value is -2.28. The lowest BCUT2D eigenvalue weighted by Gasteiger charge is -2.37. The van der Waals surface area contributed by atoms with Crippen molar-refractivity contribution >= 4 is 17.6 Å². The summed E-state index contributed by atoms with van der Waals surface area (Å²) in [6.07, 6.45) is 3.87. The average Bonchev–Trinajstić information content (AvgIpc) is 3.25. The fraction of sp³-hybridized carbons (Fsp3) is 0.600. The number of nitrogens with one attached hydrogen (secondary N) is 1. The highest BCUT2D eigenvalue weighted by atomic mass is 16.5. The molecule has 2 unspecified atom stereocenters. The van der Waals surface area contributed by atoms with E-state index in [0.29, 0.717) is 32.8 Å². The van der Waals surface area contributed by atoms with Crippen molar-refractivity contribution in [2.45, 2.75) is 31.8 Å². The van der Waals surface area contributed by atoms with E-state index in [-0.39, 0.29) is 24.0 Å². The highest BCUT2D eigenvalue weighted by Gasteiger charge is 2.33. The van der Waals surface area contributed by atoms with Crippen LogP contribution in [0.4, 0.5) is 10.5 Å². The number of para-hydroxylation sites is 2. The zero-order chi connectivity index (χ0) is 18.6. The van der Waals surface area contributed by atoms with Crippen LogP contribution in [0.1, 0.15) is 25.7 Å². The summed E-state index contributed by atoms with van der Waals surface area (Å²) in [6, 6.07) is 7.56. The van der Waals surface area contributed by atoms with E-state index in [1.165, 1.54) is 0 Å². The lowest BCUT2D eigenvalue weighted by atomic mass is 9.97. The number of fused-ring (bicyclic) bond motifs is 1. The van der Waals surface area contributed by atoms with E-state index in [1.807, 2.05) is 29.2 Å². The van der Waals surface area contributed by atoms with E-state index in [0.717, 1.165) is 43.7 Å². The molecule has 2 fully saturated rings. The molecule has 3 aliphatic rings. The van der Waals surface area contributed by atoms with Crippen molar-refractivity contribution < 1.29 is 19.1 Å². The second kappa shape index (κ2) is 8.17. The van der Waals surface area contributed by atoms with Crippen LogP contribution in [0.25, 0.3) is 0 Å². The molecule has 0 bridgehead atoms. The van der Waals surface area contributed by atoms with Gasteiger partial charge in [-0.15, -0.1) is 0 Å². The van der Waals surface area contributed by atoms with Crippen molar-refractivity contribution in [2.75, 3.05) is 44.3 Å². The Kier molecular flexibility index (Phi) is 5.48. The largest absolute Gasteiger partial charge is 0.490 e. The number of rotatable bonds is 3. The zero-order valence-corrected chi connectivity index (χ0v) is 15.6. The van der Waals surface area contributed by atoms with E-state index in [2.05, 4.69) is 5.32 Å². The summed E-state index contributed by atoms with van der Waals surface area (Å²) in [4.78, 5) is 29.2. The molecule has 3 aliphatic heterocycles. The van der Waals surface area contributed by atoms with Crippen molar-refractivity contribution in [2.24, 2.45) is 5.92 Å². The predicted octanol–water partition coefficient (Wildman–Crippen LogP) is 2.01. The molecular weight excluding hydrogens is 346 g/mol. The number of urea groups is 1. The van der Waals surface area contributed by atoms with Crippen LogP contribution in [-0.4, -0.2) is 62.3 Å². The number of amides is 3. The molecule has 4 rings (SSSR count). The van der Waals surface area contributed by atoms with Gasteiger partial charge in [0, 0.05) is 26.2 Å². The van der Waals surface area contributed by atoms with Gasteiger partial charge in [-0.2, -0.15) is 0 Å². The van der Waals surface area contributed by atoms with Crippen LogP contribution in [0.2, 0.25) is 0 Å². The number of hydrogen-bond donors (Lipinski definition) is 1. The Bertz CT molecular complexity index is 690. The van der Waals surface area contributed by atoms with Gasteiger partial charge in [0.2, 0.25) is 5.91 Å². The van der Waals surface area contributed by atoms with E-state index in [9.17, 15) is 9.59 Å². The molecule has 2 atom stereocenters. The van der Waals surface area contributed by atoms with Gasteiger partial charge in [0.1, 0.15) is 12.4 Å². The van der Waals surface area contributed by atoms with Crippen LogP contribution in [0.15, 0.2) is 24.3 Å². The molecule has 0 radical (unpaired) electrons. The molecule has 2 saturated heterocycles. The average molecular weight is 373 g/mol. The van der Waals surface area contributed by atoms with Gasteiger partial charge in [-0.25, -0.2) is 4.79 Å². The summed E-state index contributed by atoms with van der Waals surface area (Å²) in [5.74, 6) is 0.616. The normalized spacial score (nSPS) is 24.9. The first-order chi connectivity index (χ1) is 13.2. The van der Waals surface area contributed by atoms with Crippen molar-refractivity contribution in [3.8, 4) is 5.75 Å². The van der Waals surface area contributed by atoms with Gasteiger partial charge in [-0.05, 0) is 37.8 Å². The van der Waals surface area contributed by atoms with Gasteiger partial charge in [0.15, 0.2) is 0 Å². The number of nitrogens with zero attached hydrogens (tertiary/aromatic N) is 2. The number of benzene rings is 1. The van der Waals surface area contributed by atoms with Gasteiger partial charge < -0.3 is 19.7 Å². The number of piperidine rings is 1. The predicted molar refractivity (Wildman–Crippen MR) is 101 cm³/mol. The number of carbonyl (C=O) groups excluding carboxylic acids is 2. The van der Waals surface area contributed by atoms with Crippen LogP contribution in [0.3, 0.4) is 0 Å². The maximum absolute atomic E-state index is 13.1. The Morgan fingerprint density at radius 1 is 1.11 bits per heavy atom. The topological polar surface area (TPSA) is 71.1 Å². The van der Waals surface area contributed by atoms with Crippen LogP contribution in [0.5, 0.6) is 5.75 Å². The first-order valence-corrected chi connectivity index (χ1v) is 9.90. The summed E-state index contributed by atoms with van der Waals surface area (Å²) < 4.78 is 11.2. The van der Waals surface area contributed by atoms with Gasteiger partial charge >= 0.3 is 6.03 Å². The molecular formula is C20H27N3O4. The number of anilines is 1. The van der Waals surface area contributed by atoms with Crippen molar-refractivity contribution in [3.63, 3.8) is 0 Å². The highest BCUT2D eigenvalue weighted by molar-refractivity contribution is 5.94.